The molecule has 0 bridgehead atoms. The summed E-state index contributed by atoms with van der Waals surface area (Å²) in [4.78, 5) is 17.0. The average molecular weight is 387 g/mol. The highest BCUT2D eigenvalue weighted by molar-refractivity contribution is 5.61. The summed E-state index contributed by atoms with van der Waals surface area (Å²) in [5.41, 5.74) is 2.04. The lowest BCUT2D eigenvalue weighted by Gasteiger charge is -2.27. The number of ether oxygens (including phenoxy) is 1. The van der Waals surface area contributed by atoms with Crippen LogP contribution in [-0.2, 0) is 4.74 Å². The number of nitrogens with zero attached hydrogens (tertiary/aromatic N) is 5. The van der Waals surface area contributed by atoms with Crippen LogP contribution in [0.3, 0.4) is 0 Å². The number of alkyl halides is 1. The van der Waals surface area contributed by atoms with Gasteiger partial charge in [0.2, 0.25) is 5.95 Å². The van der Waals surface area contributed by atoms with Crippen molar-refractivity contribution >= 4 is 11.6 Å². The number of anilines is 1. The molecule has 0 spiro atoms. The molecule has 2 N–H and O–H groups in total. The molecule has 3 aromatic heterocycles. The van der Waals surface area contributed by atoms with Crippen molar-refractivity contribution in [2.24, 2.45) is 0 Å². The van der Waals surface area contributed by atoms with Gasteiger partial charge in [-0.3, -0.25) is 9.38 Å². The highest BCUT2D eigenvalue weighted by Gasteiger charge is 2.26. The smallest absolute Gasteiger partial charge is 0.223 e. The maximum absolute atomic E-state index is 14.5. The number of fused-ring (bicyclic) bond motifs is 1. The van der Waals surface area contributed by atoms with Crippen molar-refractivity contribution < 1.29 is 13.5 Å². The molecule has 0 amide bonds. The maximum Gasteiger partial charge on any atom is 0.223 e. The fraction of sp³-hybridized carbons (Fsp3) is 0.444. The Morgan fingerprint density at radius 2 is 2.07 bits per heavy atom. The van der Waals surface area contributed by atoms with E-state index in [0.717, 1.165) is 11.9 Å². The second-order valence-corrected chi connectivity index (χ2v) is 7.07. The first-order valence-electron chi connectivity index (χ1n) is 9.24. The minimum absolute atomic E-state index is 0.103. The van der Waals surface area contributed by atoms with Gasteiger partial charge in [0.05, 0.1) is 49.2 Å². The van der Waals surface area contributed by atoms with Gasteiger partial charge in [-0.2, -0.15) is 0 Å². The lowest BCUT2D eigenvalue weighted by molar-refractivity contribution is 0.00654. The summed E-state index contributed by atoms with van der Waals surface area (Å²) >= 11 is 0. The first-order chi connectivity index (χ1) is 13.7. The normalized spacial score (nSPS) is 22.9. The Morgan fingerprint density at radius 3 is 2.86 bits per heavy atom. The first kappa shape index (κ1) is 17.4. The van der Waals surface area contributed by atoms with Gasteiger partial charge in [-0.25, -0.2) is 23.7 Å². The Bertz CT molecular complexity index is 1010. The van der Waals surface area contributed by atoms with E-state index in [2.05, 4.69) is 30.6 Å². The van der Waals surface area contributed by atoms with Crippen molar-refractivity contribution in [3.63, 3.8) is 0 Å². The second-order valence-electron chi connectivity index (χ2n) is 7.07. The summed E-state index contributed by atoms with van der Waals surface area (Å²) in [6.45, 7) is 2.35. The molecule has 0 aromatic carbocycles. The molecule has 3 aromatic rings. The Morgan fingerprint density at radius 1 is 1.18 bits per heavy atom. The van der Waals surface area contributed by atoms with E-state index in [1.54, 1.807) is 16.8 Å². The second kappa shape index (κ2) is 7.02. The van der Waals surface area contributed by atoms with Crippen molar-refractivity contribution in [3.05, 3.63) is 36.3 Å². The molecular formula is C18H19F2N7O. The molecule has 2 atom stereocenters. The number of rotatable bonds is 4. The fourth-order valence-electron chi connectivity index (χ4n) is 3.45. The summed E-state index contributed by atoms with van der Waals surface area (Å²) < 4.78 is 35.6. The van der Waals surface area contributed by atoms with Crippen LogP contribution in [0, 0.1) is 5.82 Å². The monoisotopic (exact) mass is 387 g/mol. The number of hydrogen-bond donors (Lipinski definition) is 2. The molecular weight excluding hydrogens is 368 g/mol. The summed E-state index contributed by atoms with van der Waals surface area (Å²) in [5, 5.41) is 6.10. The van der Waals surface area contributed by atoms with Crippen LogP contribution < -0.4 is 10.6 Å². The zero-order chi connectivity index (χ0) is 19.1. The SMILES string of the molecule is Fc1cnc(N[C@H]2CNCC[C@@H]2F)nc1-c1cnc2cnc(C3COC3)cn12. The van der Waals surface area contributed by atoms with Crippen LogP contribution in [0.1, 0.15) is 18.0 Å². The van der Waals surface area contributed by atoms with E-state index in [-0.39, 0.29) is 17.6 Å². The lowest BCUT2D eigenvalue weighted by Crippen LogP contribution is -2.46. The number of nitrogens with one attached hydrogen (secondary N) is 2. The molecule has 146 valence electrons. The number of aromatic nitrogens is 5. The minimum atomic E-state index is -1.01. The van der Waals surface area contributed by atoms with Crippen molar-refractivity contribution in [1.29, 1.82) is 0 Å². The van der Waals surface area contributed by atoms with Crippen molar-refractivity contribution in [2.45, 2.75) is 24.6 Å². The molecule has 0 aliphatic carbocycles. The van der Waals surface area contributed by atoms with Crippen molar-refractivity contribution in [3.8, 4) is 11.4 Å². The van der Waals surface area contributed by atoms with E-state index >= 15 is 0 Å². The first-order valence-corrected chi connectivity index (χ1v) is 9.24. The predicted octanol–water partition coefficient (Wildman–Crippen LogP) is 1.55. The predicted molar refractivity (Wildman–Crippen MR) is 97.3 cm³/mol. The topological polar surface area (TPSA) is 89.3 Å². The molecule has 5 heterocycles. The molecule has 2 saturated heterocycles. The van der Waals surface area contributed by atoms with E-state index in [9.17, 15) is 8.78 Å². The van der Waals surface area contributed by atoms with Gasteiger partial charge in [0.25, 0.3) is 0 Å². The fourth-order valence-corrected chi connectivity index (χ4v) is 3.45. The Kier molecular flexibility index (Phi) is 4.36. The largest absolute Gasteiger partial charge is 0.380 e. The van der Waals surface area contributed by atoms with Crippen LogP contribution in [0.4, 0.5) is 14.7 Å². The van der Waals surface area contributed by atoms with Gasteiger partial charge in [0.15, 0.2) is 11.5 Å². The zero-order valence-corrected chi connectivity index (χ0v) is 15.0. The van der Waals surface area contributed by atoms with Crippen molar-refractivity contribution in [2.75, 3.05) is 31.6 Å². The van der Waals surface area contributed by atoms with E-state index in [1.165, 1.54) is 0 Å². The van der Waals surface area contributed by atoms with Gasteiger partial charge in [-0.1, -0.05) is 0 Å². The third kappa shape index (κ3) is 3.08. The van der Waals surface area contributed by atoms with E-state index in [4.69, 9.17) is 4.74 Å². The minimum Gasteiger partial charge on any atom is -0.380 e. The van der Waals surface area contributed by atoms with Gasteiger partial charge in [0, 0.05) is 18.7 Å². The molecule has 2 fully saturated rings. The molecule has 2 aliphatic rings. The Labute approximate surface area is 159 Å². The Balaban J connectivity index is 1.50. The van der Waals surface area contributed by atoms with Crippen molar-refractivity contribution in [1.82, 2.24) is 29.7 Å². The zero-order valence-electron chi connectivity index (χ0n) is 15.0. The van der Waals surface area contributed by atoms with Gasteiger partial charge in [-0.15, -0.1) is 0 Å². The van der Waals surface area contributed by atoms with Gasteiger partial charge >= 0.3 is 0 Å². The van der Waals surface area contributed by atoms with Crippen LogP contribution in [0.25, 0.3) is 17.0 Å². The van der Waals surface area contributed by atoms with Crippen LogP contribution >= 0.6 is 0 Å². The molecule has 10 heteroatoms. The third-order valence-electron chi connectivity index (χ3n) is 5.17. The highest BCUT2D eigenvalue weighted by Crippen LogP contribution is 2.26. The molecule has 0 saturated carbocycles. The quantitative estimate of drug-likeness (QED) is 0.702. The summed E-state index contributed by atoms with van der Waals surface area (Å²) in [7, 11) is 0. The number of halogens is 2. The van der Waals surface area contributed by atoms with Gasteiger partial charge < -0.3 is 15.4 Å². The third-order valence-corrected chi connectivity index (χ3v) is 5.17. The highest BCUT2D eigenvalue weighted by atomic mass is 19.1. The van der Waals surface area contributed by atoms with Crippen LogP contribution in [0.15, 0.2) is 24.8 Å². The number of piperidine rings is 1. The molecule has 5 rings (SSSR count). The standard InChI is InChI=1S/C18H19F2N7O/c19-11-1-2-21-4-13(11)25-18-24-3-12(20)17(26-18)15-5-23-16-6-22-14(7-27(15)16)10-8-28-9-10/h3,5-7,10-11,13,21H,1-2,4,8-9H2,(H,24,25,26)/t11-,13-/m0/s1. The van der Waals surface area contributed by atoms with Crippen LogP contribution in [-0.4, -0.2) is 62.9 Å². The van der Waals surface area contributed by atoms with Gasteiger partial charge in [-0.05, 0) is 13.0 Å². The summed E-state index contributed by atoms with van der Waals surface area (Å²) in [6.07, 6.45) is 5.54. The van der Waals surface area contributed by atoms with E-state index < -0.39 is 18.0 Å². The molecule has 0 radical (unpaired) electrons. The van der Waals surface area contributed by atoms with Crippen LogP contribution in [0.5, 0.6) is 0 Å². The number of hydrogen-bond acceptors (Lipinski definition) is 7. The molecule has 2 aliphatic heterocycles. The lowest BCUT2D eigenvalue weighted by atomic mass is 10.1. The summed E-state index contributed by atoms with van der Waals surface area (Å²) in [5.74, 6) is -0.159. The Hall–Kier alpha value is -2.72. The summed E-state index contributed by atoms with van der Waals surface area (Å²) in [6, 6.07) is -0.455. The van der Waals surface area contributed by atoms with Crippen LogP contribution in [0.2, 0.25) is 0 Å². The number of imidazole rings is 1. The van der Waals surface area contributed by atoms with E-state index in [1.807, 2.05) is 6.20 Å². The van der Waals surface area contributed by atoms with Gasteiger partial charge in [0.1, 0.15) is 11.9 Å². The molecule has 28 heavy (non-hydrogen) atoms. The molecule has 0 unspecified atom stereocenters. The van der Waals surface area contributed by atoms with E-state index in [0.29, 0.717) is 44.1 Å². The average Bonchev–Trinajstić information content (AvgIpc) is 3.07. The maximum atomic E-state index is 14.5. The molecule has 8 nitrogen and oxygen atoms in total.